The Bertz CT molecular complexity index is 972. The Morgan fingerprint density at radius 1 is 1.31 bits per heavy atom. The van der Waals surface area contributed by atoms with Gasteiger partial charge in [0.25, 0.3) is 0 Å². The molecule has 0 radical (unpaired) electrons. The molecule has 10 nitrogen and oxygen atoms in total. The van der Waals surface area contributed by atoms with Crippen molar-refractivity contribution in [1.29, 1.82) is 0 Å². The highest BCUT2D eigenvalue weighted by molar-refractivity contribution is 7.89. The number of pyridine rings is 1. The molecule has 0 unspecified atom stereocenters. The van der Waals surface area contributed by atoms with Crippen LogP contribution in [0.1, 0.15) is 13.8 Å². The SMILES string of the molecule is CC(C)OC(=O)Cn1nc2ccc(S(=O)(=O)N3CCOCC3)cn2c1=O. The molecular formula is C15H20N4O6S. The topological polar surface area (TPSA) is 112 Å². The zero-order valence-electron chi connectivity index (χ0n) is 14.5. The summed E-state index contributed by atoms with van der Waals surface area (Å²) in [5.74, 6) is -0.591. The number of ether oxygens (including phenoxy) is 2. The monoisotopic (exact) mass is 384 g/mol. The molecule has 0 aliphatic carbocycles. The number of aromatic nitrogens is 3. The van der Waals surface area contributed by atoms with E-state index in [0.29, 0.717) is 13.2 Å². The van der Waals surface area contributed by atoms with E-state index in [4.69, 9.17) is 9.47 Å². The van der Waals surface area contributed by atoms with E-state index in [9.17, 15) is 18.0 Å². The van der Waals surface area contributed by atoms with E-state index in [1.54, 1.807) is 13.8 Å². The van der Waals surface area contributed by atoms with Gasteiger partial charge in [-0.05, 0) is 26.0 Å². The van der Waals surface area contributed by atoms with Gasteiger partial charge in [0.1, 0.15) is 6.54 Å². The lowest BCUT2D eigenvalue weighted by molar-refractivity contribution is -0.148. The number of nitrogens with zero attached hydrogens (tertiary/aromatic N) is 4. The van der Waals surface area contributed by atoms with E-state index in [0.717, 1.165) is 9.08 Å². The maximum atomic E-state index is 12.7. The zero-order chi connectivity index (χ0) is 18.9. The van der Waals surface area contributed by atoms with Gasteiger partial charge in [-0.1, -0.05) is 0 Å². The molecule has 0 spiro atoms. The number of carbonyl (C=O) groups excluding carboxylic acids is 1. The van der Waals surface area contributed by atoms with Gasteiger partial charge in [-0.3, -0.25) is 4.79 Å². The summed E-state index contributed by atoms with van der Waals surface area (Å²) >= 11 is 0. The Labute approximate surface area is 150 Å². The summed E-state index contributed by atoms with van der Waals surface area (Å²) < 4.78 is 38.9. The van der Waals surface area contributed by atoms with Crippen LogP contribution in [-0.4, -0.2) is 65.3 Å². The van der Waals surface area contributed by atoms with Crippen LogP contribution in [0.25, 0.3) is 5.65 Å². The summed E-state index contributed by atoms with van der Waals surface area (Å²) in [5, 5.41) is 4.03. The van der Waals surface area contributed by atoms with Crippen LogP contribution in [0.4, 0.5) is 0 Å². The second-order valence-corrected chi connectivity index (χ2v) is 8.03. The van der Waals surface area contributed by atoms with Crippen LogP contribution in [0, 0.1) is 0 Å². The Balaban J connectivity index is 1.92. The molecule has 1 aliphatic rings. The molecule has 0 saturated carbocycles. The summed E-state index contributed by atoms with van der Waals surface area (Å²) in [4.78, 5) is 24.2. The maximum absolute atomic E-state index is 12.7. The molecule has 2 aromatic heterocycles. The minimum atomic E-state index is -3.74. The fourth-order valence-electron chi connectivity index (χ4n) is 2.61. The first kappa shape index (κ1) is 18.5. The van der Waals surface area contributed by atoms with Crippen molar-refractivity contribution in [2.45, 2.75) is 31.4 Å². The summed E-state index contributed by atoms with van der Waals surface area (Å²) in [6.07, 6.45) is 0.917. The van der Waals surface area contributed by atoms with E-state index < -0.39 is 21.7 Å². The second-order valence-electron chi connectivity index (χ2n) is 6.09. The third-order valence-corrected chi connectivity index (χ3v) is 5.69. The van der Waals surface area contributed by atoms with Crippen LogP contribution in [0.5, 0.6) is 0 Å². The number of carbonyl (C=O) groups is 1. The molecule has 0 amide bonds. The number of fused-ring (bicyclic) bond motifs is 1. The smallest absolute Gasteiger partial charge is 0.350 e. The summed E-state index contributed by atoms with van der Waals surface area (Å²) in [7, 11) is -3.74. The minimum Gasteiger partial charge on any atom is -0.462 e. The largest absolute Gasteiger partial charge is 0.462 e. The quantitative estimate of drug-likeness (QED) is 0.637. The molecule has 0 atom stereocenters. The van der Waals surface area contributed by atoms with Crippen molar-refractivity contribution in [3.63, 3.8) is 0 Å². The van der Waals surface area contributed by atoms with Crippen molar-refractivity contribution in [3.05, 3.63) is 28.8 Å². The van der Waals surface area contributed by atoms with Gasteiger partial charge in [-0.25, -0.2) is 22.3 Å². The van der Waals surface area contributed by atoms with Crippen molar-refractivity contribution in [2.24, 2.45) is 0 Å². The molecule has 0 aromatic carbocycles. The Morgan fingerprint density at radius 2 is 2.00 bits per heavy atom. The Kier molecular flexibility index (Phi) is 5.12. The van der Waals surface area contributed by atoms with Crippen LogP contribution in [-0.2, 0) is 30.8 Å². The predicted molar refractivity (Wildman–Crippen MR) is 90.3 cm³/mol. The van der Waals surface area contributed by atoms with Crippen LogP contribution >= 0.6 is 0 Å². The molecular weight excluding hydrogens is 364 g/mol. The second kappa shape index (κ2) is 7.17. The van der Waals surface area contributed by atoms with E-state index in [1.807, 2.05) is 0 Å². The fourth-order valence-corrected chi connectivity index (χ4v) is 4.02. The summed E-state index contributed by atoms with van der Waals surface area (Å²) in [6.45, 7) is 4.24. The third-order valence-electron chi connectivity index (χ3n) is 3.80. The van der Waals surface area contributed by atoms with Crippen LogP contribution in [0.2, 0.25) is 0 Å². The molecule has 0 bridgehead atoms. The van der Waals surface area contributed by atoms with Gasteiger partial charge in [0.2, 0.25) is 10.0 Å². The highest BCUT2D eigenvalue weighted by Crippen LogP contribution is 2.17. The van der Waals surface area contributed by atoms with Crippen molar-refractivity contribution < 1.29 is 22.7 Å². The highest BCUT2D eigenvalue weighted by Gasteiger charge is 2.27. The van der Waals surface area contributed by atoms with Gasteiger partial charge in [-0.2, -0.15) is 4.31 Å². The van der Waals surface area contributed by atoms with Crippen molar-refractivity contribution in [3.8, 4) is 0 Å². The number of sulfonamides is 1. The Morgan fingerprint density at radius 3 is 2.65 bits per heavy atom. The lowest BCUT2D eigenvalue weighted by Gasteiger charge is -2.25. The number of hydrogen-bond donors (Lipinski definition) is 0. The van der Waals surface area contributed by atoms with Crippen LogP contribution in [0.15, 0.2) is 28.0 Å². The Hall–Kier alpha value is -2.24. The minimum absolute atomic E-state index is 0.0155. The lowest BCUT2D eigenvalue weighted by Crippen LogP contribution is -2.40. The van der Waals surface area contributed by atoms with E-state index in [1.165, 1.54) is 22.6 Å². The van der Waals surface area contributed by atoms with Gasteiger partial charge >= 0.3 is 11.7 Å². The van der Waals surface area contributed by atoms with Gasteiger partial charge in [0.15, 0.2) is 5.65 Å². The fraction of sp³-hybridized carbons (Fsp3) is 0.533. The molecule has 1 aliphatic heterocycles. The first-order valence-corrected chi connectivity index (χ1v) is 9.59. The third kappa shape index (κ3) is 3.64. The molecule has 11 heteroatoms. The van der Waals surface area contributed by atoms with Gasteiger partial charge < -0.3 is 9.47 Å². The summed E-state index contributed by atoms with van der Waals surface area (Å²) in [5.41, 5.74) is -0.368. The van der Waals surface area contributed by atoms with Gasteiger partial charge in [0.05, 0.1) is 24.2 Å². The molecule has 1 saturated heterocycles. The molecule has 3 rings (SSSR count). The van der Waals surface area contributed by atoms with E-state index in [-0.39, 0.29) is 36.3 Å². The number of morpholine rings is 1. The van der Waals surface area contributed by atoms with E-state index >= 15 is 0 Å². The van der Waals surface area contributed by atoms with Gasteiger partial charge in [-0.15, -0.1) is 5.10 Å². The molecule has 142 valence electrons. The molecule has 0 N–H and O–H groups in total. The first-order chi connectivity index (χ1) is 12.3. The lowest BCUT2D eigenvalue weighted by atomic mass is 10.5. The molecule has 2 aromatic rings. The normalized spacial score (nSPS) is 16.3. The van der Waals surface area contributed by atoms with Crippen LogP contribution < -0.4 is 5.69 Å². The van der Waals surface area contributed by atoms with Crippen molar-refractivity contribution in [1.82, 2.24) is 18.5 Å². The number of hydrogen-bond acceptors (Lipinski definition) is 7. The van der Waals surface area contributed by atoms with Crippen LogP contribution in [0.3, 0.4) is 0 Å². The van der Waals surface area contributed by atoms with E-state index in [2.05, 4.69) is 5.10 Å². The number of esters is 1. The van der Waals surface area contributed by atoms with Gasteiger partial charge in [0, 0.05) is 19.3 Å². The average Bonchev–Trinajstić information content (AvgIpc) is 2.90. The maximum Gasteiger partial charge on any atom is 0.350 e. The highest BCUT2D eigenvalue weighted by atomic mass is 32.2. The molecule has 3 heterocycles. The standard InChI is InChI=1S/C15H20N4O6S/c1-11(2)25-14(20)10-19-15(21)18-9-12(3-4-13(18)16-19)26(22,23)17-5-7-24-8-6-17/h3-4,9,11H,5-8,10H2,1-2H3. The number of rotatable bonds is 5. The van der Waals surface area contributed by atoms with Crippen molar-refractivity contribution in [2.75, 3.05) is 26.3 Å². The van der Waals surface area contributed by atoms with Crippen molar-refractivity contribution >= 4 is 21.6 Å². The zero-order valence-corrected chi connectivity index (χ0v) is 15.3. The average molecular weight is 384 g/mol. The first-order valence-electron chi connectivity index (χ1n) is 8.15. The molecule has 1 fully saturated rings. The summed E-state index contributed by atoms with van der Waals surface area (Å²) in [6, 6.07) is 2.82. The predicted octanol–water partition coefficient (Wildman–Crippen LogP) is -0.531. The molecule has 26 heavy (non-hydrogen) atoms.